The van der Waals surface area contributed by atoms with E-state index >= 15 is 0 Å². The molecule has 0 saturated heterocycles. The maximum atomic E-state index is 11.6. The summed E-state index contributed by atoms with van der Waals surface area (Å²) >= 11 is 1.37. The van der Waals surface area contributed by atoms with E-state index < -0.39 is 4.92 Å². The van der Waals surface area contributed by atoms with Crippen molar-refractivity contribution in [3.05, 3.63) is 76.0 Å². The highest BCUT2D eigenvalue weighted by Crippen LogP contribution is 2.36. The van der Waals surface area contributed by atoms with Crippen molar-refractivity contribution in [2.45, 2.75) is 36.2 Å². The van der Waals surface area contributed by atoms with Crippen LogP contribution >= 0.6 is 11.8 Å². The van der Waals surface area contributed by atoms with Crippen molar-refractivity contribution in [1.82, 2.24) is 14.5 Å². The maximum Gasteiger partial charge on any atom is 0.270 e. The molecule has 0 spiro atoms. The Morgan fingerprint density at radius 1 is 1.30 bits per heavy atom. The number of carbonyl (C=O) groups excluding carboxylic acids is 1. The molecule has 0 aliphatic rings. The number of aromatic nitrogens is 3. The zero-order valence-corrected chi connectivity index (χ0v) is 15.7. The first-order chi connectivity index (χ1) is 13.0. The minimum absolute atomic E-state index is 0.0278. The highest BCUT2D eigenvalue weighted by Gasteiger charge is 2.21. The summed E-state index contributed by atoms with van der Waals surface area (Å²) in [7, 11) is 0. The Balaban J connectivity index is 2.06. The van der Waals surface area contributed by atoms with Gasteiger partial charge in [0.15, 0.2) is 12.1 Å². The summed E-state index contributed by atoms with van der Waals surface area (Å²) in [5.41, 5.74) is 1.76. The lowest BCUT2D eigenvalue weighted by molar-refractivity contribution is -0.385. The molecule has 0 bridgehead atoms. The van der Waals surface area contributed by atoms with Crippen LogP contribution in [0.4, 0.5) is 5.69 Å². The van der Waals surface area contributed by atoms with Gasteiger partial charge in [-0.2, -0.15) is 0 Å². The molecule has 0 aliphatic heterocycles. The summed E-state index contributed by atoms with van der Waals surface area (Å²) in [5.74, 6) is 0.426. The second kappa shape index (κ2) is 8.13. The zero-order chi connectivity index (χ0) is 19.4. The molecule has 0 amide bonds. The summed E-state index contributed by atoms with van der Waals surface area (Å²) in [6, 6.07) is 10.2. The van der Waals surface area contributed by atoms with Crippen LogP contribution in [0.15, 0.2) is 58.7 Å². The molecule has 0 N–H and O–H groups in total. The number of nitro benzene ring substituents is 1. The van der Waals surface area contributed by atoms with E-state index in [9.17, 15) is 14.9 Å². The average Bonchev–Trinajstić information content (AvgIpc) is 3.00. The summed E-state index contributed by atoms with van der Waals surface area (Å²) in [5, 5.41) is 11.9. The van der Waals surface area contributed by atoms with Crippen LogP contribution in [0.25, 0.3) is 0 Å². The van der Waals surface area contributed by atoms with Crippen molar-refractivity contribution in [3.8, 4) is 0 Å². The van der Waals surface area contributed by atoms with E-state index in [1.807, 2.05) is 36.6 Å². The molecule has 0 fully saturated rings. The molecule has 2 aromatic heterocycles. The van der Waals surface area contributed by atoms with Gasteiger partial charge in [0.25, 0.3) is 5.69 Å². The van der Waals surface area contributed by atoms with Gasteiger partial charge in [0.05, 0.1) is 17.2 Å². The van der Waals surface area contributed by atoms with Crippen LogP contribution < -0.4 is 0 Å². The van der Waals surface area contributed by atoms with Crippen LogP contribution in [0.3, 0.4) is 0 Å². The van der Waals surface area contributed by atoms with Crippen LogP contribution in [0.1, 0.15) is 41.6 Å². The minimum Gasteiger partial charge on any atom is -0.312 e. The van der Waals surface area contributed by atoms with E-state index in [0.717, 1.165) is 27.5 Å². The van der Waals surface area contributed by atoms with Crippen molar-refractivity contribution in [2.24, 2.45) is 0 Å². The number of aldehydes is 1. The molecule has 3 aromatic rings. The third-order valence-electron chi connectivity index (χ3n) is 3.93. The quantitative estimate of drug-likeness (QED) is 0.343. The topological polar surface area (TPSA) is 90.9 Å². The Morgan fingerprint density at radius 2 is 2.11 bits per heavy atom. The number of carbonyl (C=O) groups is 1. The molecule has 3 rings (SSSR count). The fourth-order valence-corrected chi connectivity index (χ4v) is 3.85. The lowest BCUT2D eigenvalue weighted by Gasteiger charge is -2.12. The number of imidazole rings is 1. The van der Waals surface area contributed by atoms with E-state index in [0.29, 0.717) is 12.4 Å². The zero-order valence-electron chi connectivity index (χ0n) is 14.9. The molecule has 8 heteroatoms. The Kier molecular flexibility index (Phi) is 5.66. The third-order valence-corrected chi connectivity index (χ3v) is 5.05. The van der Waals surface area contributed by atoms with Gasteiger partial charge >= 0.3 is 0 Å². The number of nitrogens with zero attached hydrogens (tertiary/aromatic N) is 4. The molecule has 0 aliphatic carbocycles. The lowest BCUT2D eigenvalue weighted by atomic mass is 10.1. The number of hydrogen-bond donors (Lipinski definition) is 0. The molecule has 0 radical (unpaired) electrons. The third kappa shape index (κ3) is 4.22. The minimum atomic E-state index is -0.419. The van der Waals surface area contributed by atoms with E-state index in [1.165, 1.54) is 23.9 Å². The van der Waals surface area contributed by atoms with Gasteiger partial charge < -0.3 is 4.57 Å². The summed E-state index contributed by atoms with van der Waals surface area (Å²) in [6.07, 6.45) is 4.17. The fraction of sp³-hybridized carbons (Fsp3) is 0.211. The number of hydrogen-bond acceptors (Lipinski definition) is 6. The summed E-state index contributed by atoms with van der Waals surface area (Å²) in [6.45, 7) is 4.45. The highest BCUT2D eigenvalue weighted by atomic mass is 32.2. The number of nitro groups is 1. The van der Waals surface area contributed by atoms with Gasteiger partial charge in [0, 0.05) is 29.4 Å². The van der Waals surface area contributed by atoms with E-state index in [-0.39, 0.29) is 11.6 Å². The van der Waals surface area contributed by atoms with Crippen LogP contribution in [0, 0.1) is 10.1 Å². The predicted molar refractivity (Wildman–Crippen MR) is 102 cm³/mol. The Labute approximate surface area is 160 Å². The molecule has 0 saturated carbocycles. The first-order valence-corrected chi connectivity index (χ1v) is 9.18. The molecular weight excluding hydrogens is 364 g/mol. The number of benzene rings is 1. The molecule has 7 nitrogen and oxygen atoms in total. The van der Waals surface area contributed by atoms with Crippen molar-refractivity contribution in [2.75, 3.05) is 0 Å². The molecule has 2 heterocycles. The van der Waals surface area contributed by atoms with Crippen LogP contribution in [-0.4, -0.2) is 25.7 Å². The molecular formula is C19H18N4O3S. The largest absolute Gasteiger partial charge is 0.312 e. The Morgan fingerprint density at radius 3 is 2.74 bits per heavy atom. The monoisotopic (exact) mass is 382 g/mol. The van der Waals surface area contributed by atoms with Gasteiger partial charge in [-0.1, -0.05) is 37.7 Å². The summed E-state index contributed by atoms with van der Waals surface area (Å²) < 4.78 is 1.84. The first-order valence-electron chi connectivity index (χ1n) is 8.36. The number of pyridine rings is 1. The van der Waals surface area contributed by atoms with Gasteiger partial charge in [-0.05, 0) is 23.6 Å². The van der Waals surface area contributed by atoms with Crippen molar-refractivity contribution >= 4 is 23.7 Å². The van der Waals surface area contributed by atoms with E-state index in [4.69, 9.17) is 0 Å². The first kappa shape index (κ1) is 18.8. The van der Waals surface area contributed by atoms with Crippen LogP contribution in [0.2, 0.25) is 0 Å². The second-order valence-electron chi connectivity index (χ2n) is 6.24. The lowest BCUT2D eigenvalue weighted by Crippen LogP contribution is -2.06. The Bertz CT molecular complexity index is 970. The van der Waals surface area contributed by atoms with Crippen molar-refractivity contribution in [1.29, 1.82) is 0 Å². The second-order valence-corrected chi connectivity index (χ2v) is 7.30. The van der Waals surface area contributed by atoms with E-state index in [1.54, 1.807) is 18.5 Å². The van der Waals surface area contributed by atoms with Gasteiger partial charge in [0.2, 0.25) is 0 Å². The summed E-state index contributed by atoms with van der Waals surface area (Å²) in [4.78, 5) is 31.6. The number of non-ortho nitro benzene ring substituents is 1. The standard InChI is InChI=1S/C19H18N4O3S/c1-13(2)18-19(27-16-7-3-6-15(9-16)23(25)26)22(17(12-24)21-18)11-14-5-4-8-20-10-14/h3-10,12-13H,11H2,1-2H3. The van der Waals surface area contributed by atoms with Crippen LogP contribution in [-0.2, 0) is 6.54 Å². The Hall–Kier alpha value is -3.00. The maximum absolute atomic E-state index is 11.6. The molecule has 0 unspecified atom stereocenters. The van der Waals surface area contributed by atoms with Gasteiger partial charge in [0.1, 0.15) is 5.03 Å². The predicted octanol–water partition coefficient (Wildman–Crippen LogP) is 4.32. The fourth-order valence-electron chi connectivity index (χ4n) is 2.65. The highest BCUT2D eigenvalue weighted by molar-refractivity contribution is 7.99. The van der Waals surface area contributed by atoms with Crippen molar-refractivity contribution < 1.29 is 9.72 Å². The molecule has 27 heavy (non-hydrogen) atoms. The van der Waals surface area contributed by atoms with Crippen molar-refractivity contribution in [3.63, 3.8) is 0 Å². The SMILES string of the molecule is CC(C)c1nc(C=O)n(Cc2cccnc2)c1Sc1cccc([N+](=O)[O-])c1. The normalized spacial score (nSPS) is 10.9. The number of rotatable bonds is 7. The van der Waals surface area contributed by atoms with Gasteiger partial charge in [-0.3, -0.25) is 19.9 Å². The molecule has 1 aromatic carbocycles. The molecule has 0 atom stereocenters. The smallest absolute Gasteiger partial charge is 0.270 e. The average molecular weight is 382 g/mol. The van der Waals surface area contributed by atoms with Crippen LogP contribution in [0.5, 0.6) is 0 Å². The van der Waals surface area contributed by atoms with E-state index in [2.05, 4.69) is 9.97 Å². The molecule has 138 valence electrons. The van der Waals surface area contributed by atoms with Gasteiger partial charge in [-0.15, -0.1) is 0 Å². The van der Waals surface area contributed by atoms with Gasteiger partial charge in [-0.25, -0.2) is 4.98 Å².